The molecule has 2 fully saturated rings. The van der Waals surface area contributed by atoms with E-state index in [0.717, 1.165) is 51.3 Å². The highest BCUT2D eigenvalue weighted by atomic mass is 16.5. The summed E-state index contributed by atoms with van der Waals surface area (Å²) >= 11 is 0. The van der Waals surface area contributed by atoms with Crippen LogP contribution < -0.4 is 0 Å². The smallest absolute Gasteiger partial charge is 0.129 e. The second-order valence-corrected chi connectivity index (χ2v) is 6.62. The summed E-state index contributed by atoms with van der Waals surface area (Å²) in [5.74, 6) is 0.820. The molecule has 2 aliphatic heterocycles. The Kier molecular flexibility index (Phi) is 5.37. The third-order valence-electron chi connectivity index (χ3n) is 4.47. The molecule has 2 heterocycles. The number of likely N-dealkylation sites (tertiary alicyclic amines) is 1. The third kappa shape index (κ3) is 4.26. The van der Waals surface area contributed by atoms with Gasteiger partial charge in [0.15, 0.2) is 0 Å². The van der Waals surface area contributed by atoms with Crippen molar-refractivity contribution in [3.63, 3.8) is 0 Å². The lowest BCUT2D eigenvalue weighted by atomic mass is 9.82. The van der Waals surface area contributed by atoms with E-state index in [1.807, 2.05) is 0 Å². The van der Waals surface area contributed by atoms with Crippen LogP contribution in [0.5, 0.6) is 0 Å². The second kappa shape index (κ2) is 6.82. The van der Waals surface area contributed by atoms with E-state index < -0.39 is 0 Å². The van der Waals surface area contributed by atoms with Gasteiger partial charge in [-0.1, -0.05) is 0 Å². The molecule has 1 atom stereocenters. The van der Waals surface area contributed by atoms with E-state index in [2.05, 4.69) is 23.9 Å². The first-order valence-electron chi connectivity index (χ1n) is 7.55. The van der Waals surface area contributed by atoms with Crippen LogP contribution >= 0.6 is 0 Å². The Morgan fingerprint density at radius 2 is 2.11 bits per heavy atom. The number of aldehydes is 1. The van der Waals surface area contributed by atoms with Gasteiger partial charge in [0.25, 0.3) is 0 Å². The molecular formula is C15H28N2O2. The predicted octanol–water partition coefficient (Wildman–Crippen LogP) is 1.26. The molecule has 2 aliphatic rings. The lowest BCUT2D eigenvalue weighted by Crippen LogP contribution is -2.47. The van der Waals surface area contributed by atoms with E-state index in [0.29, 0.717) is 6.61 Å². The SMILES string of the molecule is CN(C)CC1CCN(CC2(C=O)CCCOC2)CC1. The van der Waals surface area contributed by atoms with Crippen LogP contribution in [0.2, 0.25) is 0 Å². The van der Waals surface area contributed by atoms with Crippen LogP contribution in [0.15, 0.2) is 0 Å². The van der Waals surface area contributed by atoms with Gasteiger partial charge in [0.05, 0.1) is 12.0 Å². The standard InChI is InChI=1S/C15H28N2O2/c1-16(2)10-14-4-7-17(8-5-14)11-15(12-18)6-3-9-19-13-15/h12,14H,3-11,13H2,1-2H3. The molecule has 2 rings (SSSR count). The molecule has 4 heteroatoms. The molecule has 0 saturated carbocycles. The molecule has 4 nitrogen and oxygen atoms in total. The van der Waals surface area contributed by atoms with E-state index in [1.54, 1.807) is 0 Å². The molecule has 1 unspecified atom stereocenters. The van der Waals surface area contributed by atoms with Crippen LogP contribution in [0, 0.1) is 11.3 Å². The fourth-order valence-corrected chi connectivity index (χ4v) is 3.42. The summed E-state index contributed by atoms with van der Waals surface area (Å²) in [4.78, 5) is 16.2. The van der Waals surface area contributed by atoms with Gasteiger partial charge in [-0.3, -0.25) is 0 Å². The second-order valence-electron chi connectivity index (χ2n) is 6.62. The molecule has 0 aromatic rings. The lowest BCUT2D eigenvalue weighted by molar-refractivity contribution is -0.126. The number of rotatable bonds is 5. The average Bonchev–Trinajstić information content (AvgIpc) is 2.41. The van der Waals surface area contributed by atoms with Gasteiger partial charge in [0.1, 0.15) is 6.29 Å². The van der Waals surface area contributed by atoms with Gasteiger partial charge in [-0.05, 0) is 58.8 Å². The zero-order valence-corrected chi connectivity index (χ0v) is 12.4. The van der Waals surface area contributed by atoms with Crippen LogP contribution in [0.1, 0.15) is 25.7 Å². The van der Waals surface area contributed by atoms with Crippen LogP contribution in [0.4, 0.5) is 0 Å². The molecule has 0 bridgehead atoms. The van der Waals surface area contributed by atoms with Gasteiger partial charge in [-0.25, -0.2) is 0 Å². The van der Waals surface area contributed by atoms with E-state index in [4.69, 9.17) is 4.74 Å². The van der Waals surface area contributed by atoms with Crippen molar-refractivity contribution in [3.05, 3.63) is 0 Å². The predicted molar refractivity (Wildman–Crippen MR) is 76.3 cm³/mol. The molecule has 0 aliphatic carbocycles. The van der Waals surface area contributed by atoms with Crippen molar-refractivity contribution < 1.29 is 9.53 Å². The van der Waals surface area contributed by atoms with Crippen molar-refractivity contribution >= 4 is 6.29 Å². The topological polar surface area (TPSA) is 32.8 Å². The number of hydrogen-bond donors (Lipinski definition) is 0. The zero-order chi connectivity index (χ0) is 13.7. The Balaban J connectivity index is 1.79. The largest absolute Gasteiger partial charge is 0.380 e. The molecule has 0 N–H and O–H groups in total. The van der Waals surface area contributed by atoms with Crippen LogP contribution in [0.25, 0.3) is 0 Å². The van der Waals surface area contributed by atoms with E-state index in [9.17, 15) is 4.79 Å². The molecule has 0 radical (unpaired) electrons. The third-order valence-corrected chi connectivity index (χ3v) is 4.47. The van der Waals surface area contributed by atoms with Crippen molar-refractivity contribution in [2.24, 2.45) is 11.3 Å². The van der Waals surface area contributed by atoms with Gasteiger partial charge in [-0.2, -0.15) is 0 Å². The molecule has 110 valence electrons. The molecule has 0 aromatic carbocycles. The minimum absolute atomic E-state index is 0.230. The molecule has 19 heavy (non-hydrogen) atoms. The highest BCUT2D eigenvalue weighted by molar-refractivity contribution is 5.60. The number of nitrogens with zero attached hydrogens (tertiary/aromatic N) is 2. The number of hydrogen-bond acceptors (Lipinski definition) is 4. The van der Waals surface area contributed by atoms with Gasteiger partial charge in [-0.15, -0.1) is 0 Å². The Labute approximate surface area is 117 Å². The minimum atomic E-state index is -0.230. The Morgan fingerprint density at radius 1 is 1.37 bits per heavy atom. The van der Waals surface area contributed by atoms with Gasteiger partial charge in [0.2, 0.25) is 0 Å². The van der Waals surface area contributed by atoms with Gasteiger partial charge in [0, 0.05) is 19.7 Å². The molecule has 0 amide bonds. The van der Waals surface area contributed by atoms with Crippen LogP contribution in [0.3, 0.4) is 0 Å². The first-order chi connectivity index (χ1) is 9.13. The van der Waals surface area contributed by atoms with E-state index in [1.165, 1.54) is 19.4 Å². The highest BCUT2D eigenvalue weighted by Crippen LogP contribution is 2.29. The van der Waals surface area contributed by atoms with Crippen molar-refractivity contribution in [1.29, 1.82) is 0 Å². The van der Waals surface area contributed by atoms with Crippen molar-refractivity contribution in [2.45, 2.75) is 25.7 Å². The van der Waals surface area contributed by atoms with E-state index in [-0.39, 0.29) is 5.41 Å². The fraction of sp³-hybridized carbons (Fsp3) is 0.933. The summed E-state index contributed by atoms with van der Waals surface area (Å²) in [6.45, 7) is 5.79. The maximum atomic E-state index is 11.5. The molecule has 0 spiro atoms. The van der Waals surface area contributed by atoms with Crippen LogP contribution in [-0.2, 0) is 9.53 Å². The maximum absolute atomic E-state index is 11.5. The van der Waals surface area contributed by atoms with Gasteiger partial charge >= 0.3 is 0 Å². The maximum Gasteiger partial charge on any atom is 0.129 e. The number of carbonyl (C=O) groups excluding carboxylic acids is 1. The average molecular weight is 268 g/mol. The summed E-state index contributed by atoms with van der Waals surface area (Å²) in [5, 5.41) is 0. The fourth-order valence-electron chi connectivity index (χ4n) is 3.42. The monoisotopic (exact) mass is 268 g/mol. The summed E-state index contributed by atoms with van der Waals surface area (Å²) < 4.78 is 5.53. The summed E-state index contributed by atoms with van der Waals surface area (Å²) in [7, 11) is 4.29. The summed E-state index contributed by atoms with van der Waals surface area (Å²) in [6, 6.07) is 0. The van der Waals surface area contributed by atoms with Crippen molar-refractivity contribution in [2.75, 3.05) is 53.5 Å². The Hall–Kier alpha value is -0.450. The van der Waals surface area contributed by atoms with E-state index >= 15 is 0 Å². The Morgan fingerprint density at radius 3 is 2.63 bits per heavy atom. The minimum Gasteiger partial charge on any atom is -0.380 e. The first-order valence-corrected chi connectivity index (χ1v) is 7.55. The first kappa shape index (κ1) is 14.9. The summed E-state index contributed by atoms with van der Waals surface area (Å²) in [6.07, 6.45) is 5.68. The number of carbonyl (C=O) groups is 1. The highest BCUT2D eigenvalue weighted by Gasteiger charge is 2.35. The molecule has 0 aromatic heterocycles. The van der Waals surface area contributed by atoms with Crippen LogP contribution in [-0.4, -0.2) is 69.6 Å². The molecular weight excluding hydrogens is 240 g/mol. The number of ether oxygens (including phenoxy) is 1. The quantitative estimate of drug-likeness (QED) is 0.703. The summed E-state index contributed by atoms with van der Waals surface area (Å²) in [5.41, 5.74) is -0.230. The van der Waals surface area contributed by atoms with Gasteiger partial charge < -0.3 is 19.3 Å². The molecule has 2 saturated heterocycles. The Bertz CT molecular complexity index is 280. The van der Waals surface area contributed by atoms with Crippen molar-refractivity contribution in [1.82, 2.24) is 9.80 Å². The van der Waals surface area contributed by atoms with Crippen molar-refractivity contribution in [3.8, 4) is 0 Å². The zero-order valence-electron chi connectivity index (χ0n) is 12.4. The lowest BCUT2D eigenvalue weighted by Gasteiger charge is -2.40. The normalized spacial score (nSPS) is 30.7. The number of piperidine rings is 1.